The van der Waals surface area contributed by atoms with Crippen LogP contribution in [0.2, 0.25) is 0 Å². The first-order valence-electron chi connectivity index (χ1n) is 4.93. The minimum atomic E-state index is -0.598. The second-order valence-electron chi connectivity index (χ2n) is 3.25. The van der Waals surface area contributed by atoms with Crippen LogP contribution in [0.3, 0.4) is 0 Å². The van der Waals surface area contributed by atoms with Gasteiger partial charge in [0.1, 0.15) is 5.52 Å². The Labute approximate surface area is 95.5 Å². The molecule has 0 saturated carbocycles. The third-order valence-corrected chi connectivity index (χ3v) is 2.24. The van der Waals surface area contributed by atoms with E-state index in [1.165, 1.54) is 12.1 Å². The van der Waals surface area contributed by atoms with Gasteiger partial charge in [0.05, 0.1) is 11.5 Å². The summed E-state index contributed by atoms with van der Waals surface area (Å²) in [5, 5.41) is 17.4. The van der Waals surface area contributed by atoms with Crippen molar-refractivity contribution < 1.29 is 14.5 Å². The fourth-order valence-corrected chi connectivity index (χ4v) is 1.53. The Morgan fingerprint density at radius 3 is 3.00 bits per heavy atom. The van der Waals surface area contributed by atoms with Crippen LogP contribution in [0.4, 0.5) is 5.69 Å². The Balaban J connectivity index is 2.58. The number of ether oxygens (including phenoxy) is 1. The molecule has 0 spiro atoms. The van der Waals surface area contributed by atoms with E-state index < -0.39 is 10.9 Å². The summed E-state index contributed by atoms with van der Waals surface area (Å²) in [6.45, 7) is 1.90. The maximum Gasteiger partial charge on any atom is 0.359 e. The molecule has 0 aliphatic rings. The Morgan fingerprint density at radius 1 is 1.59 bits per heavy atom. The number of carbonyl (C=O) groups excluding carboxylic acids is 1. The van der Waals surface area contributed by atoms with Crippen molar-refractivity contribution in [2.45, 2.75) is 6.92 Å². The van der Waals surface area contributed by atoms with Gasteiger partial charge in [0.25, 0.3) is 5.69 Å². The summed E-state index contributed by atoms with van der Waals surface area (Å²) in [5.74, 6) is -0.598. The number of nitro benzene ring substituents is 1. The molecule has 0 radical (unpaired) electrons. The number of esters is 1. The molecule has 7 nitrogen and oxygen atoms in total. The molecule has 88 valence electrons. The van der Waals surface area contributed by atoms with Crippen molar-refractivity contribution >= 4 is 22.6 Å². The Bertz CT molecular complexity index is 590. The molecule has 0 unspecified atom stereocenters. The first-order chi connectivity index (χ1) is 8.15. The molecule has 0 saturated heterocycles. The van der Waals surface area contributed by atoms with E-state index in [0.29, 0.717) is 5.39 Å². The number of nitrogens with zero attached hydrogens (tertiary/aromatic N) is 2. The summed E-state index contributed by atoms with van der Waals surface area (Å²) in [6.07, 6.45) is 0. The van der Waals surface area contributed by atoms with Gasteiger partial charge in [-0.2, -0.15) is 5.10 Å². The molecule has 0 amide bonds. The number of rotatable bonds is 3. The van der Waals surface area contributed by atoms with Gasteiger partial charge in [0.15, 0.2) is 5.69 Å². The van der Waals surface area contributed by atoms with E-state index in [-0.39, 0.29) is 23.5 Å². The van der Waals surface area contributed by atoms with Gasteiger partial charge in [0.2, 0.25) is 0 Å². The average molecular weight is 235 g/mol. The lowest BCUT2D eigenvalue weighted by Gasteiger charge is -1.97. The lowest BCUT2D eigenvalue weighted by atomic mass is 10.2. The molecule has 2 aromatic rings. The molecule has 0 bridgehead atoms. The Morgan fingerprint density at radius 2 is 2.35 bits per heavy atom. The number of benzene rings is 1. The van der Waals surface area contributed by atoms with Crippen LogP contribution in [0.25, 0.3) is 10.9 Å². The molecule has 17 heavy (non-hydrogen) atoms. The second kappa shape index (κ2) is 4.20. The summed E-state index contributed by atoms with van der Waals surface area (Å²) in [4.78, 5) is 21.8. The fraction of sp³-hybridized carbons (Fsp3) is 0.200. The fourth-order valence-electron chi connectivity index (χ4n) is 1.53. The van der Waals surface area contributed by atoms with Crippen molar-refractivity contribution in [2.24, 2.45) is 0 Å². The molecule has 1 N–H and O–H groups in total. The number of aromatic amines is 1. The third-order valence-electron chi connectivity index (χ3n) is 2.24. The van der Waals surface area contributed by atoms with Gasteiger partial charge in [-0.3, -0.25) is 15.2 Å². The van der Waals surface area contributed by atoms with Crippen molar-refractivity contribution in [1.29, 1.82) is 0 Å². The first kappa shape index (κ1) is 11.1. The molecule has 7 heteroatoms. The zero-order valence-electron chi connectivity index (χ0n) is 8.97. The number of nitro groups is 1. The average Bonchev–Trinajstić information content (AvgIpc) is 2.72. The van der Waals surface area contributed by atoms with E-state index in [9.17, 15) is 14.9 Å². The van der Waals surface area contributed by atoms with Crippen molar-refractivity contribution in [3.63, 3.8) is 0 Å². The molecule has 0 fully saturated rings. The number of H-pyrrole nitrogens is 1. The normalized spacial score (nSPS) is 10.4. The first-order valence-corrected chi connectivity index (χ1v) is 4.93. The zero-order valence-corrected chi connectivity index (χ0v) is 8.97. The minimum absolute atomic E-state index is 0.0607. The van der Waals surface area contributed by atoms with Gasteiger partial charge in [-0.05, 0) is 13.0 Å². The molecule has 2 rings (SSSR count). The molecule has 0 aliphatic carbocycles. The lowest BCUT2D eigenvalue weighted by Crippen LogP contribution is -2.05. The van der Waals surface area contributed by atoms with Crippen LogP contribution in [0.15, 0.2) is 18.2 Å². The summed E-state index contributed by atoms with van der Waals surface area (Å²) < 4.78 is 4.80. The monoisotopic (exact) mass is 235 g/mol. The number of nitrogens with one attached hydrogen (secondary N) is 1. The van der Waals surface area contributed by atoms with Crippen molar-refractivity contribution in [2.75, 3.05) is 6.61 Å². The van der Waals surface area contributed by atoms with E-state index in [4.69, 9.17) is 4.74 Å². The number of carbonyl (C=O) groups is 1. The Hall–Kier alpha value is -2.44. The number of aromatic nitrogens is 2. The number of non-ortho nitro benzene ring substituents is 1. The Kier molecular flexibility index (Phi) is 2.73. The highest BCUT2D eigenvalue weighted by Gasteiger charge is 2.20. The minimum Gasteiger partial charge on any atom is -0.461 e. The summed E-state index contributed by atoms with van der Waals surface area (Å²) in [6, 6.07) is 4.42. The second-order valence-corrected chi connectivity index (χ2v) is 3.25. The van der Waals surface area contributed by atoms with Crippen LogP contribution >= 0.6 is 0 Å². The largest absolute Gasteiger partial charge is 0.461 e. The summed E-state index contributed by atoms with van der Waals surface area (Å²) in [5.41, 5.74) is 0.164. The van der Waals surface area contributed by atoms with E-state index >= 15 is 0 Å². The highest BCUT2D eigenvalue weighted by molar-refractivity contribution is 6.04. The van der Waals surface area contributed by atoms with Gasteiger partial charge in [-0.25, -0.2) is 4.79 Å². The van der Waals surface area contributed by atoms with Crippen LogP contribution < -0.4 is 0 Å². The smallest absolute Gasteiger partial charge is 0.359 e. The summed E-state index contributed by atoms with van der Waals surface area (Å²) in [7, 11) is 0. The molecule has 1 aromatic heterocycles. The van der Waals surface area contributed by atoms with Gasteiger partial charge in [0, 0.05) is 11.5 Å². The lowest BCUT2D eigenvalue weighted by molar-refractivity contribution is -0.383. The summed E-state index contributed by atoms with van der Waals surface area (Å²) >= 11 is 0. The maximum absolute atomic E-state index is 11.5. The number of para-hydroxylation sites is 1. The molecule has 0 atom stereocenters. The SMILES string of the molecule is CCOC(=O)c1n[nH]c2c([N+](=O)[O-])cccc12. The number of fused-ring (bicyclic) bond motifs is 1. The van der Waals surface area contributed by atoms with Crippen molar-refractivity contribution in [1.82, 2.24) is 10.2 Å². The topological polar surface area (TPSA) is 98.1 Å². The predicted octanol–water partition coefficient (Wildman–Crippen LogP) is 1.65. The molecule has 0 aliphatic heterocycles. The predicted molar refractivity (Wildman–Crippen MR) is 58.7 cm³/mol. The number of hydrogen-bond donors (Lipinski definition) is 1. The van der Waals surface area contributed by atoms with Crippen LogP contribution in [0.1, 0.15) is 17.4 Å². The standard InChI is InChI=1S/C10H9N3O4/c1-2-17-10(14)9-6-4-3-5-7(13(15)16)8(6)11-12-9/h3-5H,2H2,1H3,(H,11,12). The van der Waals surface area contributed by atoms with Crippen molar-refractivity contribution in [3.8, 4) is 0 Å². The van der Waals surface area contributed by atoms with Gasteiger partial charge in [-0.15, -0.1) is 0 Å². The van der Waals surface area contributed by atoms with Gasteiger partial charge < -0.3 is 4.74 Å². The maximum atomic E-state index is 11.5. The van der Waals surface area contributed by atoms with Crippen molar-refractivity contribution in [3.05, 3.63) is 34.0 Å². The third kappa shape index (κ3) is 1.82. The van der Waals surface area contributed by atoms with Gasteiger partial charge in [-0.1, -0.05) is 6.07 Å². The molecule has 1 aromatic carbocycles. The van der Waals surface area contributed by atoms with Crippen LogP contribution in [-0.2, 0) is 4.74 Å². The van der Waals surface area contributed by atoms with Gasteiger partial charge >= 0.3 is 5.97 Å². The highest BCUT2D eigenvalue weighted by atomic mass is 16.6. The molecular formula is C10H9N3O4. The number of hydrogen-bond acceptors (Lipinski definition) is 5. The van der Waals surface area contributed by atoms with E-state index in [1.54, 1.807) is 13.0 Å². The van der Waals surface area contributed by atoms with E-state index in [2.05, 4.69) is 10.2 Å². The van der Waals surface area contributed by atoms with Crippen LogP contribution in [0, 0.1) is 10.1 Å². The highest BCUT2D eigenvalue weighted by Crippen LogP contribution is 2.25. The van der Waals surface area contributed by atoms with Crippen LogP contribution in [0.5, 0.6) is 0 Å². The quantitative estimate of drug-likeness (QED) is 0.495. The van der Waals surface area contributed by atoms with Crippen LogP contribution in [-0.4, -0.2) is 27.7 Å². The molecule has 1 heterocycles. The molecular weight excluding hydrogens is 226 g/mol. The van der Waals surface area contributed by atoms with E-state index in [1.807, 2.05) is 0 Å². The van der Waals surface area contributed by atoms with E-state index in [0.717, 1.165) is 0 Å². The zero-order chi connectivity index (χ0) is 12.4.